The lowest BCUT2D eigenvalue weighted by Crippen LogP contribution is -2.19. The first-order valence-electron chi connectivity index (χ1n) is 6.70. The van der Waals surface area contributed by atoms with Crippen LogP contribution in [0.3, 0.4) is 0 Å². The predicted octanol–water partition coefficient (Wildman–Crippen LogP) is 4.47. The smallest absolute Gasteiger partial charge is 0.0457 e. The molecule has 0 saturated carbocycles. The molecule has 0 amide bonds. The molecule has 3 rings (SSSR count). The molecule has 1 unspecified atom stereocenters. The highest BCUT2D eigenvalue weighted by Crippen LogP contribution is 2.23. The number of hydrogen-bond acceptors (Lipinski definition) is 2. The molecule has 3 heteroatoms. The van der Waals surface area contributed by atoms with Gasteiger partial charge in [-0.25, -0.2) is 0 Å². The van der Waals surface area contributed by atoms with E-state index in [4.69, 9.17) is 0 Å². The number of thiophene rings is 1. The molecule has 2 heterocycles. The Morgan fingerprint density at radius 2 is 2.16 bits per heavy atom. The maximum absolute atomic E-state index is 3.67. The maximum Gasteiger partial charge on any atom is 0.0457 e. The molecular formula is C16H18N2S. The molecule has 2 aromatic heterocycles. The van der Waals surface area contributed by atoms with E-state index in [1.165, 1.54) is 21.3 Å². The Labute approximate surface area is 117 Å². The Hall–Kier alpha value is -1.58. The minimum atomic E-state index is 0.453. The summed E-state index contributed by atoms with van der Waals surface area (Å²) in [6.45, 7) is 3.14. The van der Waals surface area contributed by atoms with Crippen LogP contribution in [0, 0.1) is 0 Å². The van der Waals surface area contributed by atoms with E-state index >= 15 is 0 Å². The molecule has 0 bridgehead atoms. The van der Waals surface area contributed by atoms with Crippen LogP contribution in [0.2, 0.25) is 0 Å². The van der Waals surface area contributed by atoms with Crippen molar-refractivity contribution in [1.29, 1.82) is 0 Å². The molecule has 0 saturated heterocycles. The molecule has 3 aromatic rings. The molecule has 0 aliphatic rings. The molecule has 2 nitrogen and oxygen atoms in total. The van der Waals surface area contributed by atoms with Crippen LogP contribution in [0.5, 0.6) is 0 Å². The molecule has 1 aromatic carbocycles. The highest BCUT2D eigenvalue weighted by Gasteiger charge is 2.10. The standard InChI is InChI=1S/C16H18N2S/c1-2-14(16-7-4-10-19-16)18-11-12-5-3-6-15-13(12)8-9-17-15/h3-10,14,17-18H,2,11H2,1H3. The monoisotopic (exact) mass is 270 g/mol. The van der Waals surface area contributed by atoms with E-state index in [1.54, 1.807) is 0 Å². The van der Waals surface area contributed by atoms with Crippen LogP contribution in [0.15, 0.2) is 48.0 Å². The van der Waals surface area contributed by atoms with Gasteiger partial charge in [0.15, 0.2) is 0 Å². The van der Waals surface area contributed by atoms with Crippen molar-refractivity contribution >= 4 is 22.2 Å². The zero-order valence-electron chi connectivity index (χ0n) is 11.0. The van der Waals surface area contributed by atoms with Gasteiger partial charge in [0.1, 0.15) is 0 Å². The summed E-state index contributed by atoms with van der Waals surface area (Å²) in [5, 5.41) is 7.13. The number of fused-ring (bicyclic) bond motifs is 1. The quantitative estimate of drug-likeness (QED) is 0.703. The van der Waals surface area contributed by atoms with Crippen molar-refractivity contribution < 1.29 is 0 Å². The highest BCUT2D eigenvalue weighted by atomic mass is 32.1. The first-order chi connectivity index (χ1) is 9.38. The fourth-order valence-corrected chi connectivity index (χ4v) is 3.36. The normalized spacial score (nSPS) is 12.9. The Balaban J connectivity index is 1.76. The van der Waals surface area contributed by atoms with E-state index in [0.717, 1.165) is 13.0 Å². The first-order valence-corrected chi connectivity index (χ1v) is 7.58. The Kier molecular flexibility index (Phi) is 3.67. The third-order valence-electron chi connectivity index (χ3n) is 3.52. The summed E-state index contributed by atoms with van der Waals surface area (Å²) < 4.78 is 0. The summed E-state index contributed by atoms with van der Waals surface area (Å²) in [5.74, 6) is 0. The minimum Gasteiger partial charge on any atom is -0.361 e. The van der Waals surface area contributed by atoms with Gasteiger partial charge >= 0.3 is 0 Å². The van der Waals surface area contributed by atoms with Crippen LogP contribution in [0.1, 0.15) is 29.8 Å². The van der Waals surface area contributed by atoms with Crippen LogP contribution in [0.25, 0.3) is 10.9 Å². The van der Waals surface area contributed by atoms with Crippen molar-refractivity contribution in [3.8, 4) is 0 Å². The number of aromatic amines is 1. The van der Waals surface area contributed by atoms with Crippen molar-refractivity contribution in [3.63, 3.8) is 0 Å². The summed E-state index contributed by atoms with van der Waals surface area (Å²) in [7, 11) is 0. The number of rotatable bonds is 5. The van der Waals surface area contributed by atoms with E-state index in [9.17, 15) is 0 Å². The second kappa shape index (κ2) is 5.59. The molecule has 0 radical (unpaired) electrons. The lowest BCUT2D eigenvalue weighted by Gasteiger charge is -2.16. The Morgan fingerprint density at radius 1 is 1.21 bits per heavy atom. The van der Waals surface area contributed by atoms with Crippen LogP contribution in [0.4, 0.5) is 0 Å². The number of nitrogens with one attached hydrogen (secondary N) is 2. The first kappa shape index (κ1) is 12.5. The zero-order chi connectivity index (χ0) is 13.1. The SMILES string of the molecule is CCC(NCc1cccc2[nH]ccc12)c1cccs1. The largest absolute Gasteiger partial charge is 0.361 e. The van der Waals surface area contributed by atoms with Crippen LogP contribution in [-0.2, 0) is 6.54 Å². The van der Waals surface area contributed by atoms with E-state index in [-0.39, 0.29) is 0 Å². The molecular weight excluding hydrogens is 252 g/mol. The van der Waals surface area contributed by atoms with Gasteiger partial charge in [-0.1, -0.05) is 25.1 Å². The van der Waals surface area contributed by atoms with Crippen LogP contribution < -0.4 is 5.32 Å². The second-order valence-corrected chi connectivity index (χ2v) is 5.69. The molecule has 1 atom stereocenters. The topological polar surface area (TPSA) is 27.8 Å². The molecule has 2 N–H and O–H groups in total. The summed E-state index contributed by atoms with van der Waals surface area (Å²) >= 11 is 1.83. The lowest BCUT2D eigenvalue weighted by atomic mass is 10.1. The van der Waals surface area contributed by atoms with Gasteiger partial charge in [0.2, 0.25) is 0 Å². The second-order valence-electron chi connectivity index (χ2n) is 4.71. The van der Waals surface area contributed by atoms with Gasteiger partial charge in [-0.2, -0.15) is 0 Å². The number of hydrogen-bond donors (Lipinski definition) is 2. The maximum atomic E-state index is 3.67. The van der Waals surface area contributed by atoms with Crippen molar-refractivity contribution in [2.75, 3.05) is 0 Å². The molecule has 98 valence electrons. The molecule has 0 fully saturated rings. The summed E-state index contributed by atoms with van der Waals surface area (Å²) in [6, 6.07) is 13.4. The summed E-state index contributed by atoms with van der Waals surface area (Å²) in [6.07, 6.45) is 3.12. The van der Waals surface area contributed by atoms with Gasteiger partial charge in [0.25, 0.3) is 0 Å². The van der Waals surface area contributed by atoms with Gasteiger partial charge in [-0.15, -0.1) is 11.3 Å². The van der Waals surface area contributed by atoms with Gasteiger partial charge in [-0.05, 0) is 35.6 Å². The fraction of sp³-hybridized carbons (Fsp3) is 0.250. The minimum absolute atomic E-state index is 0.453. The van der Waals surface area contributed by atoms with Crippen molar-refractivity contribution in [3.05, 3.63) is 58.4 Å². The molecule has 19 heavy (non-hydrogen) atoms. The molecule has 0 spiro atoms. The average molecular weight is 270 g/mol. The van der Waals surface area contributed by atoms with Crippen molar-refractivity contribution in [1.82, 2.24) is 10.3 Å². The molecule has 0 aliphatic heterocycles. The predicted molar refractivity (Wildman–Crippen MR) is 82.5 cm³/mol. The summed E-state index contributed by atoms with van der Waals surface area (Å²) in [4.78, 5) is 4.68. The zero-order valence-corrected chi connectivity index (χ0v) is 11.8. The fourth-order valence-electron chi connectivity index (χ4n) is 2.47. The van der Waals surface area contributed by atoms with Crippen LogP contribution in [-0.4, -0.2) is 4.98 Å². The Bertz CT molecular complexity index is 640. The van der Waals surface area contributed by atoms with E-state index in [1.807, 2.05) is 17.5 Å². The molecule has 0 aliphatic carbocycles. The van der Waals surface area contributed by atoms with Crippen molar-refractivity contribution in [2.45, 2.75) is 25.9 Å². The number of aromatic nitrogens is 1. The van der Waals surface area contributed by atoms with Crippen LogP contribution >= 0.6 is 11.3 Å². The summed E-state index contributed by atoms with van der Waals surface area (Å²) in [5.41, 5.74) is 2.57. The van der Waals surface area contributed by atoms with Gasteiger partial charge in [0, 0.05) is 34.6 Å². The third-order valence-corrected chi connectivity index (χ3v) is 4.51. The van der Waals surface area contributed by atoms with E-state index in [0.29, 0.717) is 6.04 Å². The van der Waals surface area contributed by atoms with Gasteiger partial charge < -0.3 is 10.3 Å². The van der Waals surface area contributed by atoms with E-state index < -0.39 is 0 Å². The lowest BCUT2D eigenvalue weighted by molar-refractivity contribution is 0.528. The highest BCUT2D eigenvalue weighted by molar-refractivity contribution is 7.10. The number of benzene rings is 1. The van der Waals surface area contributed by atoms with Gasteiger partial charge in [0.05, 0.1) is 0 Å². The Morgan fingerprint density at radius 3 is 2.95 bits per heavy atom. The van der Waals surface area contributed by atoms with Crippen molar-refractivity contribution in [2.24, 2.45) is 0 Å². The average Bonchev–Trinajstić information content (AvgIpc) is 3.10. The third kappa shape index (κ3) is 2.57. The number of H-pyrrole nitrogens is 1. The van der Waals surface area contributed by atoms with Gasteiger partial charge in [-0.3, -0.25) is 0 Å². The van der Waals surface area contributed by atoms with E-state index in [2.05, 4.69) is 59.0 Å².